The lowest BCUT2D eigenvalue weighted by atomic mass is 9.77. The van der Waals surface area contributed by atoms with Crippen LogP contribution >= 0.6 is 0 Å². The second-order valence-corrected chi connectivity index (χ2v) is 15.6. The van der Waals surface area contributed by atoms with Crippen LogP contribution < -0.4 is 5.46 Å². The molecular formula is C48H39BN6O2. The Bertz CT molecular complexity index is 2710. The highest BCUT2D eigenvalue weighted by Gasteiger charge is 2.52. The van der Waals surface area contributed by atoms with Gasteiger partial charge in [-0.3, -0.25) is 0 Å². The number of pyridine rings is 2. The molecule has 0 bridgehead atoms. The van der Waals surface area contributed by atoms with E-state index in [0.29, 0.717) is 11.6 Å². The van der Waals surface area contributed by atoms with Crippen molar-refractivity contribution in [2.45, 2.75) is 38.9 Å². The SMILES string of the molecule is CC1(C)OB(c2cc(-c3nc4c(-c5ccccc5)cc(-c5ccccc5)cn4n3)cc(-c3nc4c(-c5ccccc5)cc(-c5ccccc5)cn4n3)c2)OC1(C)C. The zero-order valence-corrected chi connectivity index (χ0v) is 32.2. The van der Waals surface area contributed by atoms with Gasteiger partial charge in [0.1, 0.15) is 0 Å². The standard InChI is InChI=1S/C48H39BN6O2/c1-47(2)48(3,4)57-49(56-47)40-26-36(43-50-45-41(34-21-13-7-14-22-34)28-38(30-54(45)52-43)32-17-9-5-10-18-32)25-37(27-40)44-51-46-42(35-23-15-8-16-24-35)29-39(31-55(46)53-44)33-19-11-6-12-20-33/h5-31H,1-4H3. The third-order valence-corrected chi connectivity index (χ3v) is 11.2. The molecule has 0 unspecified atom stereocenters. The van der Waals surface area contributed by atoms with Crippen molar-refractivity contribution in [2.24, 2.45) is 0 Å². The van der Waals surface area contributed by atoms with Crippen molar-refractivity contribution in [1.29, 1.82) is 0 Å². The number of aromatic nitrogens is 6. The number of hydrogen-bond acceptors (Lipinski definition) is 6. The van der Waals surface area contributed by atoms with Crippen molar-refractivity contribution in [1.82, 2.24) is 29.2 Å². The predicted molar refractivity (Wildman–Crippen MR) is 228 cm³/mol. The van der Waals surface area contributed by atoms with E-state index in [-0.39, 0.29) is 0 Å². The van der Waals surface area contributed by atoms with Gasteiger partial charge < -0.3 is 9.31 Å². The molecule has 5 aromatic carbocycles. The number of rotatable bonds is 7. The van der Waals surface area contributed by atoms with Crippen LogP contribution in [0.2, 0.25) is 0 Å². The van der Waals surface area contributed by atoms with Gasteiger partial charge in [0, 0.05) is 45.8 Å². The van der Waals surface area contributed by atoms with E-state index in [0.717, 1.165) is 72.4 Å². The van der Waals surface area contributed by atoms with E-state index in [1.54, 1.807) is 0 Å². The molecule has 0 N–H and O–H groups in total. The molecule has 5 heterocycles. The Morgan fingerprint density at radius 2 is 0.789 bits per heavy atom. The van der Waals surface area contributed by atoms with Gasteiger partial charge in [-0.25, -0.2) is 19.0 Å². The van der Waals surface area contributed by atoms with Crippen molar-refractivity contribution in [3.63, 3.8) is 0 Å². The number of nitrogens with zero attached hydrogens (tertiary/aromatic N) is 6. The minimum Gasteiger partial charge on any atom is -0.399 e. The van der Waals surface area contributed by atoms with Crippen LogP contribution in [-0.4, -0.2) is 47.5 Å². The van der Waals surface area contributed by atoms with Crippen molar-refractivity contribution in [2.75, 3.05) is 0 Å². The molecular weight excluding hydrogens is 703 g/mol. The minimum absolute atomic E-state index is 0.534. The van der Waals surface area contributed by atoms with Gasteiger partial charge in [-0.1, -0.05) is 133 Å². The summed E-state index contributed by atoms with van der Waals surface area (Å²) in [6, 6.07) is 52.0. The van der Waals surface area contributed by atoms with E-state index in [2.05, 4.69) is 131 Å². The molecule has 10 rings (SSSR count). The molecule has 1 fully saturated rings. The molecule has 0 saturated carbocycles. The van der Waals surface area contributed by atoms with Crippen molar-refractivity contribution < 1.29 is 9.31 Å². The number of benzene rings is 5. The average Bonchev–Trinajstić information content (AvgIpc) is 3.94. The first kappa shape index (κ1) is 34.8. The average molecular weight is 743 g/mol. The lowest BCUT2D eigenvalue weighted by molar-refractivity contribution is 0.00578. The van der Waals surface area contributed by atoms with Gasteiger partial charge in [-0.05, 0) is 73.6 Å². The van der Waals surface area contributed by atoms with E-state index in [1.807, 2.05) is 70.0 Å². The summed E-state index contributed by atoms with van der Waals surface area (Å²) in [5, 5.41) is 10.3. The predicted octanol–water partition coefficient (Wildman–Crippen LogP) is 10.1. The fraction of sp³-hybridized carbons (Fsp3) is 0.125. The molecule has 0 radical (unpaired) electrons. The van der Waals surface area contributed by atoms with Gasteiger partial charge in [0.2, 0.25) is 0 Å². The second-order valence-electron chi connectivity index (χ2n) is 15.6. The van der Waals surface area contributed by atoms with Crippen molar-refractivity contribution in [3.05, 3.63) is 164 Å². The maximum atomic E-state index is 6.62. The molecule has 1 aliphatic rings. The van der Waals surface area contributed by atoms with E-state index in [4.69, 9.17) is 29.5 Å². The highest BCUT2D eigenvalue weighted by molar-refractivity contribution is 6.62. The largest absolute Gasteiger partial charge is 0.494 e. The topological polar surface area (TPSA) is 78.8 Å². The third-order valence-electron chi connectivity index (χ3n) is 11.2. The zero-order valence-electron chi connectivity index (χ0n) is 32.2. The highest BCUT2D eigenvalue weighted by atomic mass is 16.7. The van der Waals surface area contributed by atoms with E-state index >= 15 is 0 Å². The first-order valence-electron chi connectivity index (χ1n) is 19.2. The fourth-order valence-electron chi connectivity index (χ4n) is 7.48. The van der Waals surface area contributed by atoms with Gasteiger partial charge >= 0.3 is 7.12 Å². The molecule has 1 saturated heterocycles. The smallest absolute Gasteiger partial charge is 0.399 e. The monoisotopic (exact) mass is 742 g/mol. The van der Waals surface area contributed by atoms with Crippen LogP contribution in [0, 0.1) is 0 Å². The Morgan fingerprint density at radius 3 is 1.18 bits per heavy atom. The maximum Gasteiger partial charge on any atom is 0.494 e. The summed E-state index contributed by atoms with van der Waals surface area (Å²) in [7, 11) is -0.628. The number of fused-ring (bicyclic) bond motifs is 2. The van der Waals surface area contributed by atoms with Gasteiger partial charge in [-0.2, -0.15) is 0 Å². The molecule has 57 heavy (non-hydrogen) atoms. The molecule has 8 nitrogen and oxygen atoms in total. The summed E-state index contributed by atoms with van der Waals surface area (Å²) < 4.78 is 17.0. The summed E-state index contributed by atoms with van der Waals surface area (Å²) in [6.45, 7) is 8.26. The van der Waals surface area contributed by atoms with Crippen LogP contribution in [0.15, 0.2) is 164 Å². The number of hydrogen-bond donors (Lipinski definition) is 0. The summed E-state index contributed by atoms with van der Waals surface area (Å²) >= 11 is 0. The minimum atomic E-state index is -0.628. The fourth-order valence-corrected chi connectivity index (χ4v) is 7.48. The van der Waals surface area contributed by atoms with Crippen LogP contribution in [0.25, 0.3) is 78.6 Å². The molecule has 4 aromatic heterocycles. The molecule has 0 aliphatic carbocycles. The molecule has 276 valence electrons. The Kier molecular flexibility index (Phi) is 8.25. The summed E-state index contributed by atoms with van der Waals surface area (Å²) in [6.07, 6.45) is 4.09. The lowest BCUT2D eigenvalue weighted by Gasteiger charge is -2.32. The summed E-state index contributed by atoms with van der Waals surface area (Å²) in [5.74, 6) is 1.13. The molecule has 0 spiro atoms. The van der Waals surface area contributed by atoms with Gasteiger partial charge in [-0.15, -0.1) is 10.2 Å². The van der Waals surface area contributed by atoms with Crippen molar-refractivity contribution >= 4 is 23.9 Å². The Morgan fingerprint density at radius 1 is 0.421 bits per heavy atom. The van der Waals surface area contributed by atoms with Crippen LogP contribution in [-0.2, 0) is 9.31 Å². The molecule has 0 amide bonds. The summed E-state index contributed by atoms with van der Waals surface area (Å²) in [4.78, 5) is 10.4. The molecule has 0 atom stereocenters. The molecule has 9 heteroatoms. The van der Waals surface area contributed by atoms with Gasteiger partial charge in [0.25, 0.3) is 0 Å². The van der Waals surface area contributed by atoms with Crippen LogP contribution in [0.1, 0.15) is 27.7 Å². The normalized spacial score (nSPS) is 14.8. The summed E-state index contributed by atoms with van der Waals surface area (Å²) in [5.41, 5.74) is 11.3. The van der Waals surface area contributed by atoms with Crippen LogP contribution in [0.4, 0.5) is 0 Å². The van der Waals surface area contributed by atoms with Crippen molar-refractivity contribution in [3.8, 4) is 67.3 Å². The highest BCUT2D eigenvalue weighted by Crippen LogP contribution is 2.38. The van der Waals surface area contributed by atoms with E-state index in [9.17, 15) is 0 Å². The van der Waals surface area contributed by atoms with Crippen LogP contribution in [0.5, 0.6) is 0 Å². The lowest BCUT2D eigenvalue weighted by Crippen LogP contribution is -2.41. The third kappa shape index (κ3) is 6.31. The first-order valence-corrected chi connectivity index (χ1v) is 19.2. The maximum absolute atomic E-state index is 6.62. The second kappa shape index (κ2) is 13.5. The van der Waals surface area contributed by atoms with Crippen LogP contribution in [0.3, 0.4) is 0 Å². The van der Waals surface area contributed by atoms with Gasteiger partial charge in [0.15, 0.2) is 22.9 Å². The van der Waals surface area contributed by atoms with E-state index in [1.165, 1.54) is 0 Å². The Labute approximate surface area is 331 Å². The van der Waals surface area contributed by atoms with Gasteiger partial charge in [0.05, 0.1) is 11.2 Å². The van der Waals surface area contributed by atoms with E-state index < -0.39 is 18.3 Å². The molecule has 9 aromatic rings. The zero-order chi connectivity index (χ0) is 38.7. The Balaban J connectivity index is 1.17. The molecule has 1 aliphatic heterocycles. The quantitative estimate of drug-likeness (QED) is 0.151. The first-order chi connectivity index (χ1) is 27.7. The Hall–Kier alpha value is -6.68.